The van der Waals surface area contributed by atoms with Crippen molar-refractivity contribution in [2.24, 2.45) is 5.92 Å². The zero-order chi connectivity index (χ0) is 23.0. The lowest BCUT2D eigenvalue weighted by Crippen LogP contribution is -2.32. The zero-order valence-electron chi connectivity index (χ0n) is 20.1. The second-order valence-corrected chi connectivity index (χ2v) is 9.50. The standard InChI is InChI=1S/C26H34N6/c1-15(2)18(6)29-19(7)20-8-10-21(11-9-20)24-23(16(3)4)25(31-30-24)22-12-17(5)26-27-14-28-32(26)13-22/h8-16,18-19,29H,1-7H3,(H,30,31)/t18?,19-/m1/s1. The van der Waals surface area contributed by atoms with Crippen molar-refractivity contribution >= 4 is 5.65 Å². The van der Waals surface area contributed by atoms with Gasteiger partial charge in [0.25, 0.3) is 0 Å². The van der Waals surface area contributed by atoms with E-state index in [1.165, 1.54) is 11.1 Å². The van der Waals surface area contributed by atoms with Crippen molar-refractivity contribution in [1.82, 2.24) is 30.1 Å². The highest BCUT2D eigenvalue weighted by atomic mass is 15.3. The van der Waals surface area contributed by atoms with Crippen molar-refractivity contribution in [3.05, 3.63) is 59.5 Å². The van der Waals surface area contributed by atoms with Gasteiger partial charge in [-0.2, -0.15) is 10.2 Å². The van der Waals surface area contributed by atoms with Crippen LogP contribution < -0.4 is 5.32 Å². The number of hydrogen-bond donors (Lipinski definition) is 2. The Labute approximate surface area is 190 Å². The number of benzene rings is 1. The Morgan fingerprint density at radius 1 is 0.969 bits per heavy atom. The van der Waals surface area contributed by atoms with E-state index in [0.29, 0.717) is 23.9 Å². The van der Waals surface area contributed by atoms with Gasteiger partial charge in [-0.15, -0.1) is 0 Å². The Morgan fingerprint density at radius 3 is 2.34 bits per heavy atom. The summed E-state index contributed by atoms with van der Waals surface area (Å²) in [6.07, 6.45) is 3.61. The summed E-state index contributed by atoms with van der Waals surface area (Å²) >= 11 is 0. The highest BCUT2D eigenvalue weighted by Gasteiger charge is 2.20. The van der Waals surface area contributed by atoms with Crippen LogP contribution in [0.15, 0.2) is 42.9 Å². The Bertz CT molecular complexity index is 1200. The molecular weight excluding hydrogens is 396 g/mol. The minimum absolute atomic E-state index is 0.304. The van der Waals surface area contributed by atoms with Gasteiger partial charge in [-0.1, -0.05) is 52.0 Å². The van der Waals surface area contributed by atoms with Crippen molar-refractivity contribution in [1.29, 1.82) is 0 Å². The second-order valence-electron chi connectivity index (χ2n) is 9.50. The van der Waals surface area contributed by atoms with E-state index in [2.05, 4.69) is 99.3 Å². The lowest BCUT2D eigenvalue weighted by Gasteiger charge is -2.23. The van der Waals surface area contributed by atoms with Gasteiger partial charge >= 0.3 is 0 Å². The maximum absolute atomic E-state index is 4.74. The number of hydrogen-bond acceptors (Lipinski definition) is 4. The fourth-order valence-electron chi connectivity index (χ4n) is 4.20. The summed E-state index contributed by atoms with van der Waals surface area (Å²) in [5.41, 5.74) is 8.72. The molecule has 0 spiro atoms. The van der Waals surface area contributed by atoms with E-state index >= 15 is 0 Å². The number of rotatable bonds is 7. The van der Waals surface area contributed by atoms with Crippen LogP contribution in [0.3, 0.4) is 0 Å². The van der Waals surface area contributed by atoms with Crippen LogP contribution >= 0.6 is 0 Å². The van der Waals surface area contributed by atoms with E-state index in [1.807, 2.05) is 10.7 Å². The zero-order valence-corrected chi connectivity index (χ0v) is 20.1. The molecule has 0 bridgehead atoms. The lowest BCUT2D eigenvalue weighted by molar-refractivity contribution is 0.389. The third kappa shape index (κ3) is 4.19. The molecule has 6 nitrogen and oxygen atoms in total. The molecule has 0 aliphatic rings. The number of fused-ring (bicyclic) bond motifs is 1. The molecule has 4 rings (SSSR count). The molecule has 1 aromatic carbocycles. The van der Waals surface area contributed by atoms with Crippen LogP contribution in [-0.4, -0.2) is 30.8 Å². The van der Waals surface area contributed by atoms with E-state index in [-0.39, 0.29) is 0 Å². The quantitative estimate of drug-likeness (QED) is 0.382. The Hall–Kier alpha value is -2.99. The molecular formula is C26H34N6. The summed E-state index contributed by atoms with van der Waals surface area (Å²) in [4.78, 5) is 4.33. The van der Waals surface area contributed by atoms with E-state index in [0.717, 1.165) is 33.7 Å². The monoisotopic (exact) mass is 430 g/mol. The summed E-state index contributed by atoms with van der Waals surface area (Å²) in [5, 5.41) is 16.1. The Morgan fingerprint density at radius 2 is 1.69 bits per heavy atom. The predicted octanol–water partition coefficient (Wildman–Crippen LogP) is 5.91. The van der Waals surface area contributed by atoms with Crippen molar-refractivity contribution in [3.8, 4) is 22.5 Å². The van der Waals surface area contributed by atoms with Crippen LogP contribution in [0, 0.1) is 12.8 Å². The molecule has 2 N–H and O–H groups in total. The predicted molar refractivity (Wildman–Crippen MR) is 131 cm³/mol. The van der Waals surface area contributed by atoms with Gasteiger partial charge in [0.2, 0.25) is 0 Å². The van der Waals surface area contributed by atoms with Gasteiger partial charge in [-0.05, 0) is 49.8 Å². The van der Waals surface area contributed by atoms with E-state index in [4.69, 9.17) is 5.10 Å². The van der Waals surface area contributed by atoms with Crippen LogP contribution in [0.25, 0.3) is 28.2 Å². The smallest absolute Gasteiger partial charge is 0.158 e. The average molecular weight is 431 g/mol. The minimum Gasteiger partial charge on any atom is -0.307 e. The number of nitrogens with one attached hydrogen (secondary N) is 2. The van der Waals surface area contributed by atoms with E-state index < -0.39 is 0 Å². The van der Waals surface area contributed by atoms with Gasteiger partial charge in [0, 0.05) is 35.0 Å². The van der Waals surface area contributed by atoms with Crippen molar-refractivity contribution in [3.63, 3.8) is 0 Å². The highest BCUT2D eigenvalue weighted by molar-refractivity contribution is 5.75. The van der Waals surface area contributed by atoms with Crippen LogP contribution in [0.4, 0.5) is 0 Å². The number of nitrogens with zero attached hydrogens (tertiary/aromatic N) is 4. The van der Waals surface area contributed by atoms with Gasteiger partial charge in [0.05, 0.1) is 11.4 Å². The van der Waals surface area contributed by atoms with Crippen LogP contribution in [0.5, 0.6) is 0 Å². The second kappa shape index (κ2) is 8.87. The fraction of sp³-hybridized carbons (Fsp3) is 0.423. The number of aromatic amines is 1. The van der Waals surface area contributed by atoms with Gasteiger partial charge in [-0.3, -0.25) is 5.10 Å². The molecule has 3 aromatic heterocycles. The van der Waals surface area contributed by atoms with E-state index in [9.17, 15) is 0 Å². The molecule has 1 unspecified atom stereocenters. The molecule has 0 aliphatic heterocycles. The van der Waals surface area contributed by atoms with Gasteiger partial charge in [0.15, 0.2) is 5.65 Å². The summed E-state index contributed by atoms with van der Waals surface area (Å²) < 4.78 is 1.83. The van der Waals surface area contributed by atoms with Crippen LogP contribution in [0.1, 0.15) is 70.2 Å². The third-order valence-electron chi connectivity index (χ3n) is 6.43. The maximum Gasteiger partial charge on any atom is 0.158 e. The molecule has 0 saturated heterocycles. The minimum atomic E-state index is 0.304. The van der Waals surface area contributed by atoms with Gasteiger partial charge in [-0.25, -0.2) is 9.50 Å². The van der Waals surface area contributed by atoms with Crippen molar-refractivity contribution in [2.75, 3.05) is 0 Å². The first-order valence-corrected chi connectivity index (χ1v) is 11.5. The van der Waals surface area contributed by atoms with Crippen LogP contribution in [-0.2, 0) is 0 Å². The largest absolute Gasteiger partial charge is 0.307 e. The molecule has 0 amide bonds. The molecule has 0 radical (unpaired) electrons. The summed E-state index contributed by atoms with van der Waals surface area (Å²) in [6.45, 7) is 15.5. The first kappa shape index (κ1) is 22.2. The summed E-state index contributed by atoms with van der Waals surface area (Å²) in [6, 6.07) is 11.7. The molecule has 4 aromatic rings. The lowest BCUT2D eigenvalue weighted by atomic mass is 9.93. The molecule has 6 heteroatoms. The topological polar surface area (TPSA) is 70.9 Å². The maximum atomic E-state index is 4.74. The van der Waals surface area contributed by atoms with E-state index in [1.54, 1.807) is 6.33 Å². The number of pyridine rings is 1. The Kier molecular flexibility index (Phi) is 6.15. The molecule has 0 fully saturated rings. The third-order valence-corrected chi connectivity index (χ3v) is 6.43. The van der Waals surface area contributed by atoms with Gasteiger partial charge < -0.3 is 5.32 Å². The summed E-state index contributed by atoms with van der Waals surface area (Å²) in [7, 11) is 0. The highest BCUT2D eigenvalue weighted by Crippen LogP contribution is 2.36. The van der Waals surface area contributed by atoms with Crippen LogP contribution in [0.2, 0.25) is 0 Å². The first-order valence-electron chi connectivity index (χ1n) is 11.5. The number of aromatic nitrogens is 5. The molecule has 2 atom stereocenters. The van der Waals surface area contributed by atoms with Gasteiger partial charge in [0.1, 0.15) is 6.33 Å². The van der Waals surface area contributed by atoms with Crippen molar-refractivity contribution in [2.45, 2.75) is 66.5 Å². The Balaban J connectivity index is 1.68. The molecule has 32 heavy (non-hydrogen) atoms. The molecule has 0 saturated carbocycles. The molecule has 168 valence electrons. The average Bonchev–Trinajstić information content (AvgIpc) is 3.41. The fourth-order valence-corrected chi connectivity index (χ4v) is 4.20. The number of aryl methyl sites for hydroxylation is 1. The first-order chi connectivity index (χ1) is 15.3. The normalized spacial score (nSPS) is 13.9. The SMILES string of the molecule is Cc1cc(-c2[nH]nc(-c3ccc([C@@H](C)NC(C)C(C)C)cc3)c2C(C)C)cn2ncnc12. The summed E-state index contributed by atoms with van der Waals surface area (Å²) in [5.74, 6) is 0.922. The molecule has 3 heterocycles. The van der Waals surface area contributed by atoms with Crippen molar-refractivity contribution < 1.29 is 0 Å². The number of H-pyrrole nitrogens is 1. The molecule has 0 aliphatic carbocycles.